The molecule has 0 aliphatic carbocycles. The third kappa shape index (κ3) is 3.08. The number of amides is 1. The summed E-state index contributed by atoms with van der Waals surface area (Å²) in [4.78, 5) is 12.0. The standard InChI is InChI=1S/C14H16N2O2/c15-8-7-11-4-1-2-6-13(11)14(17)16-10-12-5-3-9-18-12/h1-2,4,6,12H,3,5,7,9-10H2,(H,16,17). The molecule has 1 aliphatic heterocycles. The topological polar surface area (TPSA) is 62.1 Å². The van der Waals surface area contributed by atoms with E-state index in [1.165, 1.54) is 0 Å². The summed E-state index contributed by atoms with van der Waals surface area (Å²) in [5.74, 6) is -0.128. The second kappa shape index (κ2) is 6.18. The molecule has 1 aromatic carbocycles. The lowest BCUT2D eigenvalue weighted by atomic mass is 10.0. The third-order valence-corrected chi connectivity index (χ3v) is 3.05. The van der Waals surface area contributed by atoms with Crippen LogP contribution in [0.5, 0.6) is 0 Å². The van der Waals surface area contributed by atoms with Crippen molar-refractivity contribution in [3.8, 4) is 6.07 Å². The van der Waals surface area contributed by atoms with Gasteiger partial charge in [0.1, 0.15) is 0 Å². The van der Waals surface area contributed by atoms with Crippen molar-refractivity contribution in [3.63, 3.8) is 0 Å². The van der Waals surface area contributed by atoms with Crippen molar-refractivity contribution >= 4 is 5.91 Å². The number of nitrogens with zero attached hydrogens (tertiary/aromatic N) is 1. The monoisotopic (exact) mass is 244 g/mol. The number of nitrogens with one attached hydrogen (secondary N) is 1. The molecule has 18 heavy (non-hydrogen) atoms. The van der Waals surface area contributed by atoms with Crippen LogP contribution in [0.25, 0.3) is 0 Å². The zero-order chi connectivity index (χ0) is 12.8. The van der Waals surface area contributed by atoms with E-state index in [-0.39, 0.29) is 18.4 Å². The number of rotatable bonds is 4. The average Bonchev–Trinajstić information content (AvgIpc) is 2.90. The predicted octanol–water partition coefficient (Wildman–Crippen LogP) is 1.66. The second-order valence-corrected chi connectivity index (χ2v) is 4.34. The van der Waals surface area contributed by atoms with Crippen LogP contribution in [-0.2, 0) is 11.2 Å². The SMILES string of the molecule is N#CCc1ccccc1C(=O)NCC1CCCO1. The molecule has 0 saturated carbocycles. The van der Waals surface area contributed by atoms with Crippen LogP contribution in [-0.4, -0.2) is 25.2 Å². The molecule has 0 spiro atoms. The highest BCUT2D eigenvalue weighted by atomic mass is 16.5. The van der Waals surface area contributed by atoms with Gasteiger partial charge in [-0.2, -0.15) is 5.26 Å². The number of hydrogen-bond donors (Lipinski definition) is 1. The lowest BCUT2D eigenvalue weighted by molar-refractivity contribution is 0.0857. The Kier molecular flexibility index (Phi) is 4.32. The highest BCUT2D eigenvalue weighted by Crippen LogP contribution is 2.12. The molecule has 1 saturated heterocycles. The Labute approximate surface area is 107 Å². The fourth-order valence-corrected chi connectivity index (χ4v) is 2.09. The molecular weight excluding hydrogens is 228 g/mol. The molecule has 4 heteroatoms. The lowest BCUT2D eigenvalue weighted by Gasteiger charge is -2.12. The van der Waals surface area contributed by atoms with E-state index in [0.29, 0.717) is 12.1 Å². The first-order valence-corrected chi connectivity index (χ1v) is 6.16. The third-order valence-electron chi connectivity index (χ3n) is 3.05. The van der Waals surface area contributed by atoms with Gasteiger partial charge in [-0.05, 0) is 24.5 Å². The first-order chi connectivity index (χ1) is 8.81. The summed E-state index contributed by atoms with van der Waals surface area (Å²) < 4.78 is 5.45. The van der Waals surface area contributed by atoms with Crippen molar-refractivity contribution in [3.05, 3.63) is 35.4 Å². The van der Waals surface area contributed by atoms with Crippen LogP contribution in [0.3, 0.4) is 0 Å². The maximum Gasteiger partial charge on any atom is 0.251 e. The fraction of sp³-hybridized carbons (Fsp3) is 0.429. The van der Waals surface area contributed by atoms with Gasteiger partial charge in [-0.1, -0.05) is 18.2 Å². The smallest absolute Gasteiger partial charge is 0.251 e. The molecule has 1 aliphatic rings. The van der Waals surface area contributed by atoms with E-state index in [4.69, 9.17) is 10.00 Å². The van der Waals surface area contributed by atoms with E-state index in [1.54, 1.807) is 6.07 Å². The normalized spacial score (nSPS) is 18.3. The van der Waals surface area contributed by atoms with Gasteiger partial charge >= 0.3 is 0 Å². The zero-order valence-corrected chi connectivity index (χ0v) is 10.2. The summed E-state index contributed by atoms with van der Waals surface area (Å²) in [5, 5.41) is 11.6. The Bertz CT molecular complexity index is 459. The van der Waals surface area contributed by atoms with Crippen molar-refractivity contribution < 1.29 is 9.53 Å². The highest BCUT2D eigenvalue weighted by Gasteiger charge is 2.17. The summed E-state index contributed by atoms with van der Waals surface area (Å²) in [6.45, 7) is 1.32. The molecule has 1 aromatic rings. The minimum absolute atomic E-state index is 0.128. The molecule has 1 atom stereocenters. The second-order valence-electron chi connectivity index (χ2n) is 4.34. The van der Waals surface area contributed by atoms with Gasteiger partial charge in [0.2, 0.25) is 0 Å². The molecule has 2 rings (SSSR count). The summed E-state index contributed by atoms with van der Waals surface area (Å²) in [6, 6.07) is 9.27. The van der Waals surface area contributed by atoms with Crippen LogP contribution in [0.15, 0.2) is 24.3 Å². The summed E-state index contributed by atoms with van der Waals surface area (Å²) in [5.41, 5.74) is 1.35. The molecule has 4 nitrogen and oxygen atoms in total. The Morgan fingerprint density at radius 1 is 1.50 bits per heavy atom. The molecule has 1 fully saturated rings. The van der Waals surface area contributed by atoms with Crippen molar-refractivity contribution in [1.82, 2.24) is 5.32 Å². The van der Waals surface area contributed by atoms with Crippen LogP contribution in [0, 0.1) is 11.3 Å². The van der Waals surface area contributed by atoms with Crippen molar-refractivity contribution in [2.45, 2.75) is 25.4 Å². The molecule has 1 unspecified atom stereocenters. The molecule has 0 radical (unpaired) electrons. The molecule has 1 N–H and O–H groups in total. The van der Waals surface area contributed by atoms with E-state index >= 15 is 0 Å². The summed E-state index contributed by atoms with van der Waals surface area (Å²) in [6.07, 6.45) is 2.45. The van der Waals surface area contributed by atoms with Crippen LogP contribution < -0.4 is 5.32 Å². The molecule has 1 heterocycles. The Balaban J connectivity index is 1.97. The largest absolute Gasteiger partial charge is 0.376 e. The van der Waals surface area contributed by atoms with Crippen LogP contribution in [0.2, 0.25) is 0 Å². The summed E-state index contributed by atoms with van der Waals surface area (Å²) >= 11 is 0. The minimum atomic E-state index is -0.128. The van der Waals surface area contributed by atoms with Crippen molar-refractivity contribution in [1.29, 1.82) is 5.26 Å². The van der Waals surface area contributed by atoms with Gasteiger partial charge in [-0.25, -0.2) is 0 Å². The van der Waals surface area contributed by atoms with Crippen LogP contribution >= 0.6 is 0 Å². The van der Waals surface area contributed by atoms with E-state index in [2.05, 4.69) is 11.4 Å². The molecule has 1 amide bonds. The van der Waals surface area contributed by atoms with Gasteiger partial charge in [0, 0.05) is 18.7 Å². The number of hydrogen-bond acceptors (Lipinski definition) is 3. The number of benzene rings is 1. The minimum Gasteiger partial charge on any atom is -0.376 e. The van der Waals surface area contributed by atoms with Crippen LogP contribution in [0.1, 0.15) is 28.8 Å². The Morgan fingerprint density at radius 2 is 2.33 bits per heavy atom. The van der Waals surface area contributed by atoms with Gasteiger partial charge < -0.3 is 10.1 Å². The van der Waals surface area contributed by atoms with E-state index in [9.17, 15) is 4.79 Å². The number of carbonyl (C=O) groups is 1. The zero-order valence-electron chi connectivity index (χ0n) is 10.2. The quantitative estimate of drug-likeness (QED) is 0.876. The number of ether oxygens (including phenoxy) is 1. The maximum atomic E-state index is 12.0. The van der Waals surface area contributed by atoms with Gasteiger partial charge in [0.05, 0.1) is 18.6 Å². The number of nitriles is 1. The first kappa shape index (κ1) is 12.6. The van der Waals surface area contributed by atoms with E-state index < -0.39 is 0 Å². The number of carbonyl (C=O) groups excluding carboxylic acids is 1. The fourth-order valence-electron chi connectivity index (χ4n) is 2.09. The lowest BCUT2D eigenvalue weighted by Crippen LogP contribution is -2.32. The maximum absolute atomic E-state index is 12.0. The molecular formula is C14H16N2O2. The van der Waals surface area contributed by atoms with Gasteiger partial charge in [0.25, 0.3) is 5.91 Å². The predicted molar refractivity (Wildman–Crippen MR) is 67.1 cm³/mol. The Morgan fingerprint density at radius 3 is 3.06 bits per heavy atom. The first-order valence-electron chi connectivity index (χ1n) is 6.16. The van der Waals surface area contributed by atoms with E-state index in [0.717, 1.165) is 25.0 Å². The molecule has 0 aromatic heterocycles. The molecule has 94 valence electrons. The van der Waals surface area contributed by atoms with Crippen LogP contribution in [0.4, 0.5) is 0 Å². The van der Waals surface area contributed by atoms with Crippen molar-refractivity contribution in [2.24, 2.45) is 0 Å². The van der Waals surface area contributed by atoms with Gasteiger partial charge in [-0.3, -0.25) is 4.79 Å². The summed E-state index contributed by atoms with van der Waals surface area (Å²) in [7, 11) is 0. The highest BCUT2D eigenvalue weighted by molar-refractivity contribution is 5.95. The van der Waals surface area contributed by atoms with Crippen molar-refractivity contribution in [2.75, 3.05) is 13.2 Å². The molecule has 0 bridgehead atoms. The van der Waals surface area contributed by atoms with Gasteiger partial charge in [0.15, 0.2) is 0 Å². The average molecular weight is 244 g/mol. The van der Waals surface area contributed by atoms with Gasteiger partial charge in [-0.15, -0.1) is 0 Å². The van der Waals surface area contributed by atoms with E-state index in [1.807, 2.05) is 18.2 Å². The Hall–Kier alpha value is -1.86.